The number of Topliss-reactive ketones (excluding diaryl/α,β-unsaturated/α-hetero) is 1. The molecule has 1 aromatic carbocycles. The summed E-state index contributed by atoms with van der Waals surface area (Å²) in [7, 11) is 0. The Morgan fingerprint density at radius 2 is 1.96 bits per heavy atom. The molecule has 5 heteroatoms. The maximum atomic E-state index is 13.0. The minimum absolute atomic E-state index is 0.100. The van der Waals surface area contributed by atoms with Crippen LogP contribution in [0.4, 0.5) is 0 Å². The molecule has 0 bridgehead atoms. The van der Waals surface area contributed by atoms with E-state index in [1.165, 1.54) is 0 Å². The number of amidine groups is 1. The topological polar surface area (TPSA) is 81.5 Å². The van der Waals surface area contributed by atoms with E-state index >= 15 is 0 Å². The third-order valence-corrected chi connectivity index (χ3v) is 5.37. The van der Waals surface area contributed by atoms with E-state index in [4.69, 9.17) is 11.5 Å². The summed E-state index contributed by atoms with van der Waals surface area (Å²) in [5, 5.41) is 0. The van der Waals surface area contributed by atoms with Gasteiger partial charge in [-0.15, -0.1) is 0 Å². The van der Waals surface area contributed by atoms with Crippen molar-refractivity contribution in [2.45, 2.75) is 39.5 Å². The van der Waals surface area contributed by atoms with Crippen molar-refractivity contribution in [2.75, 3.05) is 0 Å². The van der Waals surface area contributed by atoms with E-state index in [9.17, 15) is 4.79 Å². The van der Waals surface area contributed by atoms with E-state index in [2.05, 4.69) is 34.8 Å². The van der Waals surface area contributed by atoms with Crippen molar-refractivity contribution in [3.8, 4) is 0 Å². The Balaban J connectivity index is 2.28. The standard InChI is InChI=1S/C19H22BrN3O/c1-10(21)15-16(11-6-4-5-7-12(11)20)17-13(23-18(15)22)8-19(2,3)9-14(17)24/h4-7,16H,8-9,21H2,1-3H3,(H2,22,23)/b15-10-. The smallest absolute Gasteiger partial charge is 0.162 e. The molecule has 1 aromatic rings. The molecule has 0 aromatic heterocycles. The summed E-state index contributed by atoms with van der Waals surface area (Å²) in [4.78, 5) is 17.5. The fourth-order valence-electron chi connectivity index (χ4n) is 3.68. The predicted molar refractivity (Wildman–Crippen MR) is 100 cm³/mol. The molecule has 24 heavy (non-hydrogen) atoms. The summed E-state index contributed by atoms with van der Waals surface area (Å²) in [6, 6.07) is 7.89. The van der Waals surface area contributed by atoms with Crippen LogP contribution >= 0.6 is 15.9 Å². The first-order valence-corrected chi connectivity index (χ1v) is 8.82. The number of ketones is 1. The number of halogens is 1. The van der Waals surface area contributed by atoms with Crippen molar-refractivity contribution in [1.29, 1.82) is 0 Å². The van der Waals surface area contributed by atoms with Gasteiger partial charge in [0.2, 0.25) is 0 Å². The van der Waals surface area contributed by atoms with E-state index in [0.717, 1.165) is 33.3 Å². The summed E-state index contributed by atoms with van der Waals surface area (Å²) in [5.74, 6) is 0.290. The second-order valence-corrected chi connectivity index (χ2v) is 8.20. The average molecular weight is 388 g/mol. The van der Waals surface area contributed by atoms with Crippen LogP contribution in [0.15, 0.2) is 56.3 Å². The molecule has 1 atom stereocenters. The quantitative estimate of drug-likeness (QED) is 0.768. The van der Waals surface area contributed by atoms with Crippen LogP contribution in [0.3, 0.4) is 0 Å². The van der Waals surface area contributed by atoms with Gasteiger partial charge in [-0.25, -0.2) is 4.99 Å². The summed E-state index contributed by atoms with van der Waals surface area (Å²) in [5.41, 5.74) is 16.2. The van der Waals surface area contributed by atoms with Crippen molar-refractivity contribution < 1.29 is 4.79 Å². The third-order valence-electron chi connectivity index (χ3n) is 4.65. The number of hydrogen-bond donors (Lipinski definition) is 2. The van der Waals surface area contributed by atoms with Gasteiger partial charge >= 0.3 is 0 Å². The van der Waals surface area contributed by atoms with Gasteiger partial charge in [-0.2, -0.15) is 0 Å². The zero-order chi connectivity index (χ0) is 17.6. The van der Waals surface area contributed by atoms with Gasteiger partial charge in [-0.05, 0) is 30.4 Å². The summed E-state index contributed by atoms with van der Waals surface area (Å²) in [6.45, 7) is 5.99. The van der Waals surface area contributed by atoms with Crippen molar-refractivity contribution in [1.82, 2.24) is 0 Å². The van der Waals surface area contributed by atoms with Gasteiger partial charge in [0.05, 0.1) is 5.70 Å². The number of benzene rings is 1. The Morgan fingerprint density at radius 3 is 2.58 bits per heavy atom. The molecule has 1 aliphatic heterocycles. The first-order valence-electron chi connectivity index (χ1n) is 8.03. The van der Waals surface area contributed by atoms with Gasteiger partial charge in [0, 0.05) is 33.7 Å². The van der Waals surface area contributed by atoms with Crippen LogP contribution in [0.25, 0.3) is 0 Å². The lowest BCUT2D eigenvalue weighted by molar-refractivity contribution is -0.118. The molecule has 0 fully saturated rings. The second-order valence-electron chi connectivity index (χ2n) is 7.35. The van der Waals surface area contributed by atoms with Gasteiger partial charge in [0.25, 0.3) is 0 Å². The van der Waals surface area contributed by atoms with E-state index in [0.29, 0.717) is 18.0 Å². The van der Waals surface area contributed by atoms with Gasteiger partial charge in [0.1, 0.15) is 5.84 Å². The van der Waals surface area contributed by atoms with Crippen LogP contribution in [-0.4, -0.2) is 11.6 Å². The molecule has 0 spiro atoms. The molecule has 1 aliphatic carbocycles. The number of carbonyl (C=O) groups is 1. The number of carbonyl (C=O) groups excluding carboxylic acids is 1. The first-order chi connectivity index (χ1) is 11.2. The molecule has 126 valence electrons. The van der Waals surface area contributed by atoms with Gasteiger partial charge < -0.3 is 11.5 Å². The molecule has 1 unspecified atom stereocenters. The summed E-state index contributed by atoms with van der Waals surface area (Å²) in [6.07, 6.45) is 1.26. The van der Waals surface area contributed by atoms with Crippen molar-refractivity contribution in [3.63, 3.8) is 0 Å². The first kappa shape index (κ1) is 17.0. The lowest BCUT2D eigenvalue weighted by atomic mass is 9.69. The number of aliphatic imine (C=N–C) groups is 1. The molecule has 0 amide bonds. The zero-order valence-corrected chi connectivity index (χ0v) is 15.8. The number of nitrogens with two attached hydrogens (primary N) is 2. The molecular weight excluding hydrogens is 366 g/mol. The lowest BCUT2D eigenvalue weighted by Crippen LogP contribution is -2.36. The van der Waals surface area contributed by atoms with Crippen molar-refractivity contribution >= 4 is 27.5 Å². The fraction of sp³-hybridized carbons (Fsp3) is 0.368. The predicted octanol–water partition coefficient (Wildman–Crippen LogP) is 3.78. The van der Waals surface area contributed by atoms with E-state index in [1.807, 2.05) is 31.2 Å². The molecule has 0 saturated heterocycles. The Kier molecular flexibility index (Phi) is 4.16. The summed E-state index contributed by atoms with van der Waals surface area (Å²) >= 11 is 3.61. The molecule has 0 saturated carbocycles. The average Bonchev–Trinajstić information content (AvgIpc) is 2.44. The Morgan fingerprint density at radius 1 is 1.29 bits per heavy atom. The lowest BCUT2D eigenvalue weighted by Gasteiger charge is -2.37. The highest BCUT2D eigenvalue weighted by Gasteiger charge is 2.42. The van der Waals surface area contributed by atoms with Crippen molar-refractivity contribution in [2.24, 2.45) is 21.9 Å². The van der Waals surface area contributed by atoms with Crippen LogP contribution < -0.4 is 11.5 Å². The van der Waals surface area contributed by atoms with Gasteiger partial charge in [-0.3, -0.25) is 4.79 Å². The molecule has 3 rings (SSSR count). The molecule has 4 nitrogen and oxygen atoms in total. The second kappa shape index (κ2) is 5.88. The summed E-state index contributed by atoms with van der Waals surface area (Å²) < 4.78 is 0.938. The molecule has 1 heterocycles. The van der Waals surface area contributed by atoms with E-state index in [1.54, 1.807) is 0 Å². The van der Waals surface area contributed by atoms with Crippen LogP contribution in [-0.2, 0) is 4.79 Å². The number of rotatable bonds is 1. The van der Waals surface area contributed by atoms with Crippen LogP contribution in [0, 0.1) is 5.41 Å². The highest BCUT2D eigenvalue weighted by atomic mass is 79.9. The van der Waals surface area contributed by atoms with Crippen LogP contribution in [0.5, 0.6) is 0 Å². The highest BCUT2D eigenvalue weighted by molar-refractivity contribution is 9.10. The largest absolute Gasteiger partial charge is 0.402 e. The zero-order valence-electron chi connectivity index (χ0n) is 14.2. The minimum atomic E-state index is -0.262. The Bertz CT molecular complexity index is 814. The number of nitrogens with zero attached hydrogens (tertiary/aromatic N) is 1. The molecule has 2 aliphatic rings. The monoisotopic (exact) mass is 387 g/mol. The normalized spacial score (nSPS) is 25.2. The SMILES string of the molecule is C/C(N)=C1/C(N)=NC2=C(C(=O)CC(C)(C)C2)C1c1ccccc1Br. The highest BCUT2D eigenvalue weighted by Crippen LogP contribution is 2.48. The van der Waals surface area contributed by atoms with Crippen LogP contribution in [0.1, 0.15) is 45.1 Å². The van der Waals surface area contributed by atoms with Gasteiger partial charge in [-0.1, -0.05) is 48.0 Å². The molecule has 0 radical (unpaired) electrons. The number of hydrogen-bond acceptors (Lipinski definition) is 4. The van der Waals surface area contributed by atoms with E-state index in [-0.39, 0.29) is 17.1 Å². The Labute approximate surface area is 150 Å². The minimum Gasteiger partial charge on any atom is -0.402 e. The van der Waals surface area contributed by atoms with Gasteiger partial charge in [0.15, 0.2) is 5.78 Å². The Hall–Kier alpha value is -1.88. The maximum absolute atomic E-state index is 13.0. The maximum Gasteiger partial charge on any atom is 0.162 e. The molecular formula is C19H22BrN3O. The van der Waals surface area contributed by atoms with Crippen LogP contribution in [0.2, 0.25) is 0 Å². The van der Waals surface area contributed by atoms with Crippen molar-refractivity contribution in [3.05, 3.63) is 56.8 Å². The fourth-order valence-corrected chi connectivity index (χ4v) is 4.19. The van der Waals surface area contributed by atoms with E-state index < -0.39 is 0 Å². The third kappa shape index (κ3) is 2.81. The molecule has 4 N–H and O–H groups in total. The number of allylic oxidation sites excluding steroid dienone is 3.